The maximum Gasteiger partial charge on any atom is 0.274 e. The van der Waals surface area contributed by atoms with Crippen LogP contribution in [0, 0.1) is 11.6 Å². The molecule has 0 aliphatic rings. The molecule has 1 rings (SSSR count). The van der Waals surface area contributed by atoms with Gasteiger partial charge in [0.15, 0.2) is 0 Å². The zero-order chi connectivity index (χ0) is 9.14. The highest BCUT2D eigenvalue weighted by atomic mass is 19.1. The zero-order valence-electron chi connectivity index (χ0n) is 5.84. The Hall–Kier alpha value is -1.49. The maximum atomic E-state index is 12.4. The molecule has 12 heavy (non-hydrogen) atoms. The predicted molar refractivity (Wildman–Crippen MR) is 35.6 cm³/mol. The van der Waals surface area contributed by atoms with Crippen molar-refractivity contribution >= 4 is 5.91 Å². The van der Waals surface area contributed by atoms with Gasteiger partial charge in [-0.25, -0.2) is 14.3 Å². The first-order valence-electron chi connectivity index (χ1n) is 3.04. The van der Waals surface area contributed by atoms with E-state index in [1.54, 1.807) is 0 Å². The lowest BCUT2D eigenvalue weighted by Gasteiger charge is -1.98. The predicted octanol–water partition coefficient (Wildman–Crippen LogP) is 1.08. The highest BCUT2D eigenvalue weighted by Crippen LogP contribution is 2.07. The van der Waals surface area contributed by atoms with Crippen LogP contribution in [-0.2, 0) is 0 Å². The number of hydroxylamine groups is 1. The van der Waals surface area contributed by atoms with Gasteiger partial charge in [0.05, 0.1) is 0 Å². The average Bonchev–Trinajstić information content (AvgIpc) is 2.01. The summed E-state index contributed by atoms with van der Waals surface area (Å²) in [6.45, 7) is 0. The number of carbonyl (C=O) groups excluding carboxylic acids is 1. The van der Waals surface area contributed by atoms with Crippen LogP contribution in [-0.4, -0.2) is 11.1 Å². The fraction of sp³-hybridized carbons (Fsp3) is 0. The maximum absolute atomic E-state index is 12.4. The lowest BCUT2D eigenvalue weighted by Crippen LogP contribution is -2.18. The van der Waals surface area contributed by atoms with E-state index in [1.165, 1.54) is 5.48 Å². The normalized spacial score (nSPS) is 9.58. The van der Waals surface area contributed by atoms with Crippen molar-refractivity contribution in [2.45, 2.75) is 0 Å². The lowest BCUT2D eigenvalue weighted by molar-refractivity contribution is 0.0705. The van der Waals surface area contributed by atoms with Crippen molar-refractivity contribution in [3.8, 4) is 0 Å². The molecule has 0 bridgehead atoms. The van der Waals surface area contributed by atoms with Crippen LogP contribution in [0.2, 0.25) is 0 Å². The van der Waals surface area contributed by atoms with Crippen molar-refractivity contribution < 1.29 is 18.8 Å². The molecule has 0 aliphatic heterocycles. The number of rotatable bonds is 1. The summed E-state index contributed by atoms with van der Waals surface area (Å²) in [6.07, 6.45) is 0. The zero-order valence-corrected chi connectivity index (χ0v) is 5.84. The molecular weight excluding hydrogens is 168 g/mol. The first kappa shape index (κ1) is 8.61. The molecule has 0 unspecified atom stereocenters. The average molecular weight is 173 g/mol. The van der Waals surface area contributed by atoms with Gasteiger partial charge in [-0.05, 0) is 12.1 Å². The van der Waals surface area contributed by atoms with Crippen molar-refractivity contribution in [3.63, 3.8) is 0 Å². The second kappa shape index (κ2) is 3.27. The summed E-state index contributed by atoms with van der Waals surface area (Å²) in [7, 11) is 0. The third-order valence-corrected chi connectivity index (χ3v) is 1.23. The Morgan fingerprint density at radius 1 is 1.25 bits per heavy atom. The molecule has 0 heterocycles. The van der Waals surface area contributed by atoms with E-state index in [4.69, 9.17) is 5.21 Å². The summed E-state index contributed by atoms with van der Waals surface area (Å²) < 4.78 is 24.8. The highest BCUT2D eigenvalue weighted by Gasteiger charge is 2.07. The Morgan fingerprint density at radius 3 is 2.17 bits per heavy atom. The summed E-state index contributed by atoms with van der Waals surface area (Å²) in [5, 5.41) is 8.13. The van der Waals surface area contributed by atoms with E-state index in [0.717, 1.165) is 12.1 Å². The van der Waals surface area contributed by atoms with Gasteiger partial charge < -0.3 is 0 Å². The molecule has 64 valence electrons. The number of hydrogen-bond acceptors (Lipinski definition) is 2. The molecule has 1 aromatic rings. The molecule has 0 aliphatic carbocycles. The number of hydrogen-bond donors (Lipinski definition) is 2. The first-order valence-corrected chi connectivity index (χ1v) is 3.04. The van der Waals surface area contributed by atoms with E-state index in [0.29, 0.717) is 6.07 Å². The third-order valence-electron chi connectivity index (χ3n) is 1.23. The second-order valence-corrected chi connectivity index (χ2v) is 2.10. The minimum Gasteiger partial charge on any atom is -0.288 e. The van der Waals surface area contributed by atoms with E-state index >= 15 is 0 Å². The van der Waals surface area contributed by atoms with Crippen molar-refractivity contribution in [2.24, 2.45) is 0 Å². The smallest absolute Gasteiger partial charge is 0.274 e. The Kier molecular flexibility index (Phi) is 2.35. The van der Waals surface area contributed by atoms with Gasteiger partial charge in [-0.2, -0.15) is 0 Å². The first-order chi connectivity index (χ1) is 5.63. The largest absolute Gasteiger partial charge is 0.288 e. The van der Waals surface area contributed by atoms with Crippen molar-refractivity contribution in [2.75, 3.05) is 0 Å². The standard InChI is InChI=1S/C7H5F2NO2/c8-5-1-4(7(11)10-12)2-6(9)3-5/h1-3,12H,(H,10,11). The summed E-state index contributed by atoms with van der Waals surface area (Å²) >= 11 is 0. The van der Waals surface area contributed by atoms with E-state index < -0.39 is 17.5 Å². The summed E-state index contributed by atoms with van der Waals surface area (Å²) in [6, 6.07) is 2.26. The van der Waals surface area contributed by atoms with E-state index in [2.05, 4.69) is 0 Å². The highest BCUT2D eigenvalue weighted by molar-refractivity contribution is 5.93. The molecule has 0 saturated carbocycles. The number of benzene rings is 1. The fourth-order valence-electron chi connectivity index (χ4n) is 0.749. The van der Waals surface area contributed by atoms with Gasteiger partial charge in [0.2, 0.25) is 0 Å². The number of carbonyl (C=O) groups is 1. The topological polar surface area (TPSA) is 49.3 Å². The quantitative estimate of drug-likeness (QED) is 0.493. The minimum absolute atomic E-state index is 0.269. The Balaban J connectivity index is 3.08. The van der Waals surface area contributed by atoms with Crippen molar-refractivity contribution in [1.29, 1.82) is 0 Å². The Labute approximate surface area is 66.6 Å². The van der Waals surface area contributed by atoms with Gasteiger partial charge in [-0.1, -0.05) is 0 Å². The van der Waals surface area contributed by atoms with Gasteiger partial charge in [-0.3, -0.25) is 10.0 Å². The molecule has 0 radical (unpaired) electrons. The van der Waals surface area contributed by atoms with Crippen LogP contribution in [0.1, 0.15) is 10.4 Å². The molecule has 3 nitrogen and oxygen atoms in total. The van der Waals surface area contributed by atoms with Gasteiger partial charge in [0, 0.05) is 11.6 Å². The van der Waals surface area contributed by atoms with Crippen LogP contribution in [0.25, 0.3) is 0 Å². The van der Waals surface area contributed by atoms with Crippen LogP contribution in [0.15, 0.2) is 18.2 Å². The third kappa shape index (κ3) is 1.76. The van der Waals surface area contributed by atoms with Crippen LogP contribution >= 0.6 is 0 Å². The molecular formula is C7H5F2NO2. The molecule has 2 N–H and O–H groups in total. The minimum atomic E-state index is -0.951. The molecule has 1 aromatic carbocycles. The molecule has 0 fully saturated rings. The second-order valence-electron chi connectivity index (χ2n) is 2.10. The van der Waals surface area contributed by atoms with E-state index in [-0.39, 0.29) is 5.56 Å². The van der Waals surface area contributed by atoms with Crippen LogP contribution in [0.4, 0.5) is 8.78 Å². The fourth-order valence-corrected chi connectivity index (χ4v) is 0.749. The van der Waals surface area contributed by atoms with Gasteiger partial charge in [-0.15, -0.1) is 0 Å². The molecule has 5 heteroatoms. The molecule has 0 aromatic heterocycles. The number of halogens is 2. The van der Waals surface area contributed by atoms with E-state index in [9.17, 15) is 13.6 Å². The summed E-state index contributed by atoms with van der Waals surface area (Å²) in [4.78, 5) is 10.6. The Morgan fingerprint density at radius 2 is 1.75 bits per heavy atom. The molecule has 0 saturated heterocycles. The molecule has 0 spiro atoms. The van der Waals surface area contributed by atoms with Gasteiger partial charge >= 0.3 is 0 Å². The van der Waals surface area contributed by atoms with Crippen molar-refractivity contribution in [1.82, 2.24) is 5.48 Å². The summed E-state index contributed by atoms with van der Waals surface area (Å²) in [5.41, 5.74) is 0.995. The van der Waals surface area contributed by atoms with Crippen molar-refractivity contribution in [3.05, 3.63) is 35.4 Å². The van der Waals surface area contributed by atoms with Crippen LogP contribution in [0.3, 0.4) is 0 Å². The number of nitrogens with one attached hydrogen (secondary N) is 1. The van der Waals surface area contributed by atoms with Gasteiger partial charge in [0.1, 0.15) is 11.6 Å². The monoisotopic (exact) mass is 173 g/mol. The summed E-state index contributed by atoms with van der Waals surface area (Å²) in [5.74, 6) is -2.68. The molecule has 1 amide bonds. The lowest BCUT2D eigenvalue weighted by atomic mass is 10.2. The van der Waals surface area contributed by atoms with E-state index in [1.807, 2.05) is 0 Å². The van der Waals surface area contributed by atoms with Crippen LogP contribution in [0.5, 0.6) is 0 Å². The van der Waals surface area contributed by atoms with Gasteiger partial charge in [0.25, 0.3) is 5.91 Å². The SMILES string of the molecule is O=C(NO)c1cc(F)cc(F)c1. The van der Waals surface area contributed by atoms with Crippen LogP contribution < -0.4 is 5.48 Å². The number of amides is 1. The Bertz CT molecular complexity index is 294. The molecule has 0 atom stereocenters.